The maximum absolute atomic E-state index is 12.2. The number of nitrogens with zero attached hydrogens (tertiary/aromatic N) is 3. The number of ether oxygens (including phenoxy) is 1. The fraction of sp³-hybridized carbons (Fsp3) is 0.909. The van der Waals surface area contributed by atoms with Crippen LogP contribution in [0.1, 0.15) is 6.92 Å². The van der Waals surface area contributed by atoms with E-state index in [4.69, 9.17) is 21.4 Å². The number of aliphatic hydroxyl groups is 4. The highest BCUT2D eigenvalue weighted by molar-refractivity contribution is 6.18. The van der Waals surface area contributed by atoms with E-state index in [9.17, 15) is 25.0 Å². The zero-order chi connectivity index (χ0) is 16.9. The van der Waals surface area contributed by atoms with Gasteiger partial charge in [-0.25, -0.2) is 4.79 Å². The lowest BCUT2D eigenvalue weighted by Crippen LogP contribution is -2.65. The molecule has 0 aromatic rings. The summed E-state index contributed by atoms with van der Waals surface area (Å²) in [5.74, 6) is -0.0241. The van der Waals surface area contributed by atoms with Gasteiger partial charge in [0.2, 0.25) is 0 Å². The third-order valence-electron chi connectivity index (χ3n) is 3.38. The Morgan fingerprint density at radius 1 is 1.27 bits per heavy atom. The average Bonchev–Trinajstić information content (AvgIpc) is 2.52. The molecule has 0 radical (unpaired) electrons. The third kappa shape index (κ3) is 3.83. The van der Waals surface area contributed by atoms with Crippen molar-refractivity contribution in [1.82, 2.24) is 9.91 Å². The molecule has 1 rings (SSSR count). The molecule has 10 nitrogen and oxygen atoms in total. The van der Waals surface area contributed by atoms with E-state index in [-0.39, 0.29) is 19.0 Å². The maximum Gasteiger partial charge on any atom is 0.345 e. The van der Waals surface area contributed by atoms with Crippen LogP contribution in [0.2, 0.25) is 0 Å². The Morgan fingerprint density at radius 2 is 1.91 bits per heavy atom. The number of aliphatic hydroxyl groups excluding tert-OH is 4. The normalized spacial score (nSPS) is 31.6. The highest BCUT2D eigenvalue weighted by atomic mass is 35.5. The first-order valence-electron chi connectivity index (χ1n) is 6.70. The van der Waals surface area contributed by atoms with Gasteiger partial charge in [0.1, 0.15) is 24.4 Å². The van der Waals surface area contributed by atoms with Crippen molar-refractivity contribution in [1.29, 1.82) is 0 Å². The van der Waals surface area contributed by atoms with E-state index in [1.165, 1.54) is 0 Å². The molecule has 22 heavy (non-hydrogen) atoms. The minimum absolute atomic E-state index is 0.0236. The lowest BCUT2D eigenvalue weighted by atomic mass is 9.98. The van der Waals surface area contributed by atoms with Crippen LogP contribution in [-0.2, 0) is 4.74 Å². The van der Waals surface area contributed by atoms with Crippen LogP contribution in [0.4, 0.5) is 4.79 Å². The molecule has 0 bridgehead atoms. The topological polar surface area (TPSA) is 143 Å². The molecule has 11 heteroatoms. The van der Waals surface area contributed by atoms with Gasteiger partial charge in [-0.1, -0.05) is 0 Å². The van der Waals surface area contributed by atoms with E-state index in [2.05, 4.69) is 5.29 Å². The summed E-state index contributed by atoms with van der Waals surface area (Å²) in [5.41, 5.74) is 0. The summed E-state index contributed by atoms with van der Waals surface area (Å²) in [4.78, 5) is 23.9. The SMILES string of the molecule is CCN(C(=O)N(CCCl)N=O)[C@@H]1O[C@H](CO)[C@@H](O)[C@H](O)[C@H]1O. The van der Waals surface area contributed by atoms with Gasteiger partial charge >= 0.3 is 6.03 Å². The number of nitroso groups, excluding NO2 is 1. The van der Waals surface area contributed by atoms with Gasteiger partial charge in [0, 0.05) is 12.4 Å². The van der Waals surface area contributed by atoms with Crippen molar-refractivity contribution in [3.05, 3.63) is 4.91 Å². The van der Waals surface area contributed by atoms with E-state index in [0.29, 0.717) is 5.01 Å². The Balaban J connectivity index is 2.96. The van der Waals surface area contributed by atoms with Gasteiger partial charge in [-0.3, -0.25) is 4.90 Å². The fourth-order valence-electron chi connectivity index (χ4n) is 2.16. The highest BCUT2D eigenvalue weighted by Gasteiger charge is 2.47. The number of halogens is 1. The quantitative estimate of drug-likeness (QED) is 0.260. The lowest BCUT2D eigenvalue weighted by Gasteiger charge is -2.44. The predicted molar refractivity (Wildman–Crippen MR) is 74.8 cm³/mol. The molecular formula is C11H20ClN3O7. The van der Waals surface area contributed by atoms with Crippen LogP contribution in [0.15, 0.2) is 5.29 Å². The van der Waals surface area contributed by atoms with Crippen LogP contribution in [0.3, 0.4) is 0 Å². The molecule has 1 fully saturated rings. The minimum Gasteiger partial charge on any atom is -0.394 e. The molecule has 1 aliphatic rings. The van der Waals surface area contributed by atoms with E-state index >= 15 is 0 Å². The lowest BCUT2D eigenvalue weighted by molar-refractivity contribution is -0.257. The van der Waals surface area contributed by atoms with Gasteiger partial charge in [0.15, 0.2) is 6.23 Å². The summed E-state index contributed by atoms with van der Waals surface area (Å²) in [6.45, 7) is 0.821. The van der Waals surface area contributed by atoms with Gasteiger partial charge in [-0.2, -0.15) is 5.01 Å². The van der Waals surface area contributed by atoms with E-state index in [1.54, 1.807) is 6.92 Å². The zero-order valence-electron chi connectivity index (χ0n) is 11.9. The molecule has 0 aromatic heterocycles. The molecule has 0 saturated carbocycles. The molecule has 0 aliphatic carbocycles. The van der Waals surface area contributed by atoms with Crippen molar-refractivity contribution in [3.63, 3.8) is 0 Å². The molecule has 0 aromatic carbocycles. The molecule has 0 spiro atoms. The smallest absolute Gasteiger partial charge is 0.345 e. The van der Waals surface area contributed by atoms with Crippen LogP contribution in [0.5, 0.6) is 0 Å². The summed E-state index contributed by atoms with van der Waals surface area (Å²) < 4.78 is 5.27. The number of likely N-dealkylation sites (N-methyl/N-ethyl adjacent to an activating group) is 1. The fourth-order valence-corrected chi connectivity index (χ4v) is 2.32. The first kappa shape index (κ1) is 19.0. The van der Waals surface area contributed by atoms with E-state index in [1.807, 2.05) is 0 Å². The number of carbonyl (C=O) groups is 1. The number of rotatable bonds is 6. The zero-order valence-corrected chi connectivity index (χ0v) is 12.7. The Bertz CT molecular complexity index is 387. The van der Waals surface area contributed by atoms with Crippen LogP contribution < -0.4 is 0 Å². The number of alkyl halides is 1. The second kappa shape index (κ2) is 8.56. The number of carbonyl (C=O) groups excluding carboxylic acids is 1. The Hall–Kier alpha value is -1.04. The second-order valence-electron chi connectivity index (χ2n) is 4.68. The largest absolute Gasteiger partial charge is 0.394 e. The molecule has 1 aliphatic heterocycles. The summed E-state index contributed by atoms with van der Waals surface area (Å²) >= 11 is 5.47. The van der Waals surface area contributed by atoms with E-state index < -0.39 is 43.3 Å². The van der Waals surface area contributed by atoms with Crippen LogP contribution in [-0.4, -0.2) is 92.6 Å². The minimum atomic E-state index is -1.62. The van der Waals surface area contributed by atoms with Crippen LogP contribution in [0.25, 0.3) is 0 Å². The molecule has 5 atom stereocenters. The van der Waals surface area contributed by atoms with E-state index in [0.717, 1.165) is 4.90 Å². The molecule has 0 unspecified atom stereocenters. The van der Waals surface area contributed by atoms with Crippen LogP contribution >= 0.6 is 11.6 Å². The molecule has 1 saturated heterocycles. The van der Waals surface area contributed by atoms with Crippen molar-refractivity contribution < 1.29 is 30.0 Å². The maximum atomic E-state index is 12.2. The predicted octanol–water partition coefficient (Wildman–Crippen LogP) is -1.55. The van der Waals surface area contributed by atoms with Crippen molar-refractivity contribution in [3.8, 4) is 0 Å². The number of urea groups is 1. The number of hydrogen-bond donors (Lipinski definition) is 4. The molecular weight excluding hydrogens is 322 g/mol. The molecule has 128 valence electrons. The first-order chi connectivity index (χ1) is 10.4. The Kier molecular flexibility index (Phi) is 7.39. The number of hydrogen-bond acceptors (Lipinski definition) is 8. The van der Waals surface area contributed by atoms with Gasteiger partial charge in [-0.05, 0) is 6.92 Å². The summed E-state index contributed by atoms with van der Waals surface area (Å²) in [6.07, 6.45) is -7.29. The van der Waals surface area contributed by atoms with Crippen molar-refractivity contribution in [2.45, 2.75) is 37.6 Å². The van der Waals surface area contributed by atoms with Gasteiger partial charge in [-0.15, -0.1) is 16.5 Å². The van der Waals surface area contributed by atoms with Crippen molar-refractivity contribution in [2.75, 3.05) is 25.6 Å². The third-order valence-corrected chi connectivity index (χ3v) is 3.55. The van der Waals surface area contributed by atoms with Crippen molar-refractivity contribution >= 4 is 17.6 Å². The van der Waals surface area contributed by atoms with Gasteiger partial charge in [0.05, 0.1) is 18.4 Å². The molecule has 4 N–H and O–H groups in total. The van der Waals surface area contributed by atoms with Gasteiger partial charge < -0.3 is 25.2 Å². The number of amides is 2. The van der Waals surface area contributed by atoms with Crippen molar-refractivity contribution in [2.24, 2.45) is 5.29 Å². The van der Waals surface area contributed by atoms with Gasteiger partial charge in [0.25, 0.3) is 0 Å². The van der Waals surface area contributed by atoms with Crippen LogP contribution in [0, 0.1) is 4.91 Å². The standard InChI is InChI=1S/C11H20ClN3O7/c1-2-14(11(20)15(13-21)4-3-12)10-9(19)8(18)7(17)6(5-16)22-10/h6-10,16-19H,2-5H2,1H3/t6-,7-,8+,9-,10-/m1/s1. The Morgan fingerprint density at radius 3 is 2.36 bits per heavy atom. The molecule has 1 heterocycles. The Labute approximate surface area is 131 Å². The second-order valence-corrected chi connectivity index (χ2v) is 5.06. The summed E-state index contributed by atoms with van der Waals surface area (Å²) in [6, 6.07) is -0.873. The average molecular weight is 342 g/mol. The highest BCUT2D eigenvalue weighted by Crippen LogP contribution is 2.24. The molecule has 2 amide bonds. The summed E-state index contributed by atoms with van der Waals surface area (Å²) in [5, 5.41) is 41.7. The monoisotopic (exact) mass is 341 g/mol. The first-order valence-corrected chi connectivity index (χ1v) is 7.24. The summed E-state index contributed by atoms with van der Waals surface area (Å²) in [7, 11) is 0.